The van der Waals surface area contributed by atoms with Crippen molar-refractivity contribution in [2.75, 3.05) is 18.1 Å². The van der Waals surface area contributed by atoms with Crippen molar-refractivity contribution in [1.82, 2.24) is 10.1 Å². The first-order chi connectivity index (χ1) is 9.89. The normalized spacial score (nSPS) is 11.6. The van der Waals surface area contributed by atoms with Crippen LogP contribution >= 0.6 is 27.5 Å². The molecule has 7 nitrogen and oxygen atoms in total. The number of halogens is 2. The van der Waals surface area contributed by atoms with Crippen LogP contribution in [0, 0.1) is 6.92 Å². The zero-order valence-electron chi connectivity index (χ0n) is 11.1. The Bertz CT molecular complexity index is 750. The van der Waals surface area contributed by atoms with Gasteiger partial charge in [-0.05, 0) is 35.0 Å². The molecule has 0 saturated heterocycles. The summed E-state index contributed by atoms with van der Waals surface area (Å²) in [4.78, 5) is 3.62. The quantitative estimate of drug-likeness (QED) is 0.570. The molecule has 114 valence electrons. The van der Waals surface area contributed by atoms with Gasteiger partial charge in [-0.3, -0.25) is 0 Å². The number of aryl methyl sites for hydroxylation is 1. The van der Waals surface area contributed by atoms with Crippen molar-refractivity contribution in [2.45, 2.75) is 11.8 Å². The van der Waals surface area contributed by atoms with Crippen LogP contribution in [0.1, 0.15) is 5.69 Å². The molecule has 2 heterocycles. The van der Waals surface area contributed by atoms with E-state index in [0.717, 1.165) is 4.31 Å². The van der Waals surface area contributed by atoms with E-state index in [1.807, 2.05) is 0 Å². The van der Waals surface area contributed by atoms with Crippen molar-refractivity contribution in [3.63, 3.8) is 0 Å². The van der Waals surface area contributed by atoms with Crippen LogP contribution in [0.4, 0.5) is 5.88 Å². The number of anilines is 1. The van der Waals surface area contributed by atoms with E-state index >= 15 is 0 Å². The first-order valence-corrected chi connectivity index (χ1v) is 8.24. The topological polar surface area (TPSA) is 85.5 Å². The average molecular weight is 397 g/mol. The molecular weight excluding hydrogens is 386 g/mol. The van der Waals surface area contributed by atoms with E-state index in [-0.39, 0.29) is 22.7 Å². The highest BCUT2D eigenvalue weighted by atomic mass is 79.9. The predicted octanol–water partition coefficient (Wildman–Crippen LogP) is 2.59. The lowest BCUT2D eigenvalue weighted by Gasteiger charge is -2.20. The smallest absolute Gasteiger partial charge is 0.271 e. The highest BCUT2D eigenvalue weighted by molar-refractivity contribution is 9.10. The van der Waals surface area contributed by atoms with Crippen LogP contribution in [0.5, 0.6) is 0 Å². The van der Waals surface area contributed by atoms with Crippen molar-refractivity contribution in [3.05, 3.63) is 33.6 Å². The van der Waals surface area contributed by atoms with Gasteiger partial charge in [0.1, 0.15) is 21.3 Å². The molecule has 0 N–H and O–H groups in total. The van der Waals surface area contributed by atoms with Crippen molar-refractivity contribution >= 4 is 43.4 Å². The van der Waals surface area contributed by atoms with Crippen molar-refractivity contribution in [3.8, 4) is 0 Å². The van der Waals surface area contributed by atoms with E-state index in [1.165, 1.54) is 25.4 Å². The molecule has 2 aromatic rings. The monoisotopic (exact) mass is 395 g/mol. The minimum absolute atomic E-state index is 0.00858. The van der Waals surface area contributed by atoms with Crippen LogP contribution in [-0.4, -0.2) is 32.4 Å². The molecule has 2 aromatic heterocycles. The Morgan fingerprint density at radius 1 is 1.52 bits per heavy atom. The summed E-state index contributed by atoms with van der Waals surface area (Å²) in [7, 11) is -2.64. The molecule has 21 heavy (non-hydrogen) atoms. The first-order valence-electron chi connectivity index (χ1n) is 5.63. The van der Waals surface area contributed by atoms with E-state index in [1.54, 1.807) is 6.92 Å². The standard InChI is InChI=1S/C11H11BrClN3O4S/c1-7-9(12)11(20-15-7)16(6-19-2)21(17,18)8-4-3-5-14-10(8)13/h3-5H,6H2,1-2H3. The molecule has 0 aromatic carbocycles. The largest absolute Gasteiger partial charge is 0.363 e. The third-order valence-electron chi connectivity index (χ3n) is 2.54. The summed E-state index contributed by atoms with van der Waals surface area (Å²) in [5.74, 6) is 0.00858. The zero-order chi connectivity index (χ0) is 15.6. The Hall–Kier alpha value is -1.16. The Labute approximate surface area is 135 Å². The summed E-state index contributed by atoms with van der Waals surface area (Å²) in [5, 5.41) is 3.58. The predicted molar refractivity (Wildman–Crippen MR) is 79.7 cm³/mol. The summed E-state index contributed by atoms with van der Waals surface area (Å²) in [6.07, 6.45) is 1.40. The minimum Gasteiger partial charge on any atom is -0.363 e. The van der Waals surface area contributed by atoms with Crippen molar-refractivity contribution < 1.29 is 17.7 Å². The van der Waals surface area contributed by atoms with Gasteiger partial charge in [-0.2, -0.15) is 0 Å². The maximum atomic E-state index is 12.7. The molecule has 0 aliphatic heterocycles. The Morgan fingerprint density at radius 3 is 2.76 bits per heavy atom. The van der Waals surface area contributed by atoms with E-state index in [2.05, 4.69) is 26.1 Å². The van der Waals surface area contributed by atoms with E-state index in [4.69, 9.17) is 20.9 Å². The van der Waals surface area contributed by atoms with Crippen molar-refractivity contribution in [1.29, 1.82) is 0 Å². The number of hydrogen-bond acceptors (Lipinski definition) is 6. The molecule has 0 atom stereocenters. The molecule has 0 saturated carbocycles. The van der Waals surface area contributed by atoms with Crippen LogP contribution in [0.15, 0.2) is 32.2 Å². The number of nitrogens with zero attached hydrogens (tertiary/aromatic N) is 3. The van der Waals surface area contributed by atoms with Gasteiger partial charge < -0.3 is 9.26 Å². The maximum Gasteiger partial charge on any atom is 0.271 e. The molecule has 0 spiro atoms. The maximum absolute atomic E-state index is 12.7. The molecule has 0 aliphatic carbocycles. The number of ether oxygens (including phenoxy) is 1. The highest BCUT2D eigenvalue weighted by Gasteiger charge is 2.32. The summed E-state index contributed by atoms with van der Waals surface area (Å²) < 4.78 is 36.8. The average Bonchev–Trinajstić information content (AvgIpc) is 2.76. The molecule has 0 aliphatic rings. The summed E-state index contributed by atoms with van der Waals surface area (Å²) in [5.41, 5.74) is 0.513. The fraction of sp³-hybridized carbons (Fsp3) is 0.273. The van der Waals surface area contributed by atoms with E-state index in [0.29, 0.717) is 10.2 Å². The van der Waals surface area contributed by atoms with E-state index < -0.39 is 10.0 Å². The van der Waals surface area contributed by atoms with Crippen LogP contribution < -0.4 is 4.31 Å². The number of hydrogen-bond donors (Lipinski definition) is 0. The molecule has 0 bridgehead atoms. The van der Waals surface area contributed by atoms with Gasteiger partial charge in [0.2, 0.25) is 0 Å². The number of methoxy groups -OCH3 is 1. The van der Waals surface area contributed by atoms with Gasteiger partial charge >= 0.3 is 0 Å². The second-order valence-corrected chi connectivity index (χ2v) is 6.93. The van der Waals surface area contributed by atoms with Gasteiger partial charge in [-0.15, -0.1) is 0 Å². The van der Waals surface area contributed by atoms with Gasteiger partial charge in [-0.25, -0.2) is 17.7 Å². The molecule has 0 unspecified atom stereocenters. The van der Waals surface area contributed by atoms with Gasteiger partial charge in [0.25, 0.3) is 15.9 Å². The zero-order valence-corrected chi connectivity index (χ0v) is 14.2. The molecule has 0 radical (unpaired) electrons. The van der Waals surface area contributed by atoms with Gasteiger partial charge in [0, 0.05) is 13.3 Å². The third-order valence-corrected chi connectivity index (χ3v) is 5.60. The van der Waals surface area contributed by atoms with Crippen LogP contribution in [-0.2, 0) is 14.8 Å². The Kier molecular flexibility index (Phi) is 4.87. The van der Waals surface area contributed by atoms with Gasteiger partial charge in [-0.1, -0.05) is 16.8 Å². The fourth-order valence-corrected chi connectivity index (χ4v) is 3.77. The molecule has 0 amide bonds. The van der Waals surface area contributed by atoms with Crippen LogP contribution in [0.2, 0.25) is 5.15 Å². The highest BCUT2D eigenvalue weighted by Crippen LogP contribution is 2.34. The van der Waals surface area contributed by atoms with Gasteiger partial charge in [0.15, 0.2) is 0 Å². The van der Waals surface area contributed by atoms with E-state index in [9.17, 15) is 8.42 Å². The molecule has 0 fully saturated rings. The number of sulfonamides is 1. The van der Waals surface area contributed by atoms with Crippen LogP contribution in [0.3, 0.4) is 0 Å². The second-order valence-electron chi connectivity index (χ2n) is 3.95. The lowest BCUT2D eigenvalue weighted by atomic mass is 10.5. The molecule has 2 rings (SSSR count). The van der Waals surface area contributed by atoms with Crippen LogP contribution in [0.25, 0.3) is 0 Å². The van der Waals surface area contributed by atoms with Crippen molar-refractivity contribution in [2.24, 2.45) is 0 Å². The number of pyridine rings is 1. The number of aromatic nitrogens is 2. The summed E-state index contributed by atoms with van der Waals surface area (Å²) >= 11 is 9.11. The SMILES string of the molecule is COCN(c1onc(C)c1Br)S(=O)(=O)c1cccnc1Cl. The number of rotatable bonds is 5. The first kappa shape index (κ1) is 16.2. The lowest BCUT2D eigenvalue weighted by Crippen LogP contribution is -2.33. The molecular formula is C11H11BrClN3O4S. The minimum atomic E-state index is -4.01. The summed E-state index contributed by atoms with van der Waals surface area (Å²) in [6.45, 7) is 1.41. The second kappa shape index (κ2) is 6.30. The Balaban J connectivity index is 2.57. The summed E-state index contributed by atoms with van der Waals surface area (Å²) in [6, 6.07) is 2.83. The molecule has 10 heteroatoms. The third kappa shape index (κ3) is 3.05. The van der Waals surface area contributed by atoms with Gasteiger partial charge in [0.05, 0.1) is 5.69 Å². The fourth-order valence-electron chi connectivity index (χ4n) is 1.54. The lowest BCUT2D eigenvalue weighted by molar-refractivity contribution is 0.205. The Morgan fingerprint density at radius 2 is 2.24 bits per heavy atom.